The van der Waals surface area contributed by atoms with Crippen LogP contribution in [-0.4, -0.2) is 40.5 Å². The zero-order valence-electron chi connectivity index (χ0n) is 15.0. The first kappa shape index (κ1) is 22.4. The molecule has 0 fully saturated rings. The Bertz CT molecular complexity index is 548. The summed E-state index contributed by atoms with van der Waals surface area (Å²) >= 11 is 0. The van der Waals surface area contributed by atoms with Crippen molar-refractivity contribution in [2.45, 2.75) is 45.7 Å². The van der Waals surface area contributed by atoms with E-state index in [1.807, 2.05) is 44.2 Å². The molecule has 0 aliphatic carbocycles. The van der Waals surface area contributed by atoms with Crippen molar-refractivity contribution in [1.29, 1.82) is 0 Å². The lowest BCUT2D eigenvalue weighted by molar-refractivity contribution is -0.154. The van der Waals surface area contributed by atoms with E-state index >= 15 is 0 Å². The number of amides is 1. The Morgan fingerprint density at radius 3 is 2.04 bits per heavy atom. The number of aliphatic carboxylic acids is 1. The van der Waals surface area contributed by atoms with E-state index in [2.05, 4.69) is 0 Å². The molecule has 0 spiro atoms. The van der Waals surface area contributed by atoms with Gasteiger partial charge in [0.25, 0.3) is 0 Å². The van der Waals surface area contributed by atoms with Gasteiger partial charge in [0.1, 0.15) is 11.6 Å². The van der Waals surface area contributed by atoms with Gasteiger partial charge in [-0.15, -0.1) is 12.4 Å². The number of carboxylic acid groups (broad SMARTS) is 1. The number of nitrogens with two attached hydrogens (primary N) is 1. The van der Waals surface area contributed by atoms with Crippen molar-refractivity contribution in [1.82, 2.24) is 4.90 Å². The molecule has 0 aromatic heterocycles. The molecule has 1 rings (SSSR count). The highest BCUT2D eigenvalue weighted by atomic mass is 35.5. The predicted molar refractivity (Wildman–Crippen MR) is 98.2 cm³/mol. The summed E-state index contributed by atoms with van der Waals surface area (Å²) in [7, 11) is 1.52. The Labute approximate surface area is 150 Å². The molecule has 3 N–H and O–H groups in total. The van der Waals surface area contributed by atoms with E-state index in [1.165, 1.54) is 11.9 Å². The monoisotopic (exact) mass is 356 g/mol. The highest BCUT2D eigenvalue weighted by Crippen LogP contribution is 2.24. The van der Waals surface area contributed by atoms with Crippen LogP contribution in [0.15, 0.2) is 30.3 Å². The summed E-state index contributed by atoms with van der Waals surface area (Å²) < 4.78 is 0. The van der Waals surface area contributed by atoms with Crippen LogP contribution in [0, 0.1) is 11.8 Å². The van der Waals surface area contributed by atoms with Gasteiger partial charge in [0.15, 0.2) is 0 Å². The van der Waals surface area contributed by atoms with Gasteiger partial charge in [0, 0.05) is 7.05 Å². The number of carboxylic acids is 1. The number of hydrogen-bond acceptors (Lipinski definition) is 3. The molecule has 1 amide bonds. The zero-order chi connectivity index (χ0) is 17.8. The van der Waals surface area contributed by atoms with Gasteiger partial charge in [-0.3, -0.25) is 4.79 Å². The maximum atomic E-state index is 13.0. The predicted octanol–water partition coefficient (Wildman–Crippen LogP) is 2.57. The molecular weight excluding hydrogens is 328 g/mol. The first-order chi connectivity index (χ1) is 10.6. The first-order valence-electron chi connectivity index (χ1n) is 7.94. The Kier molecular flexibility index (Phi) is 8.44. The van der Waals surface area contributed by atoms with Gasteiger partial charge in [-0.1, -0.05) is 58.0 Å². The molecule has 0 heterocycles. The number of hydrogen-bond donors (Lipinski definition) is 2. The minimum atomic E-state index is -1.14. The molecule has 0 aliphatic rings. The SMILES string of the molecule is CC(C)[C@@H](C(=O)O)N(C)C(=O)[C@@](N)(Cc1ccccc1)C(C)C.Cl. The Hall–Kier alpha value is -1.59. The lowest BCUT2D eigenvalue weighted by atomic mass is 9.80. The molecule has 24 heavy (non-hydrogen) atoms. The van der Waals surface area contributed by atoms with Crippen LogP contribution in [0.25, 0.3) is 0 Å². The number of halogens is 1. The van der Waals surface area contributed by atoms with E-state index in [9.17, 15) is 14.7 Å². The second-order valence-electron chi connectivity index (χ2n) is 6.80. The number of benzene rings is 1. The average molecular weight is 357 g/mol. The first-order valence-corrected chi connectivity index (χ1v) is 7.94. The third-order valence-corrected chi connectivity index (χ3v) is 4.39. The van der Waals surface area contributed by atoms with Crippen LogP contribution in [-0.2, 0) is 16.0 Å². The van der Waals surface area contributed by atoms with Crippen LogP contribution < -0.4 is 5.73 Å². The number of carbonyl (C=O) groups is 2. The van der Waals surface area contributed by atoms with E-state index in [-0.39, 0.29) is 30.2 Å². The molecule has 136 valence electrons. The van der Waals surface area contributed by atoms with Crippen molar-refractivity contribution < 1.29 is 14.7 Å². The van der Waals surface area contributed by atoms with Gasteiger partial charge in [0.2, 0.25) is 5.91 Å². The largest absolute Gasteiger partial charge is 0.480 e. The molecule has 0 radical (unpaired) electrons. The number of rotatable bonds is 7. The van der Waals surface area contributed by atoms with Crippen molar-refractivity contribution in [3.63, 3.8) is 0 Å². The molecule has 1 aromatic rings. The van der Waals surface area contributed by atoms with Crippen LogP contribution in [0.2, 0.25) is 0 Å². The maximum Gasteiger partial charge on any atom is 0.326 e. The van der Waals surface area contributed by atoms with E-state index in [0.717, 1.165) is 5.56 Å². The average Bonchev–Trinajstić information content (AvgIpc) is 2.46. The fourth-order valence-corrected chi connectivity index (χ4v) is 2.81. The minimum absolute atomic E-state index is 0. The second kappa shape index (κ2) is 9.04. The standard InChI is InChI=1S/C18H28N2O3.ClH/c1-12(2)15(16(21)22)20(5)17(23)18(19,13(3)4)11-14-9-7-6-8-10-14;/h6-10,12-13,15H,11,19H2,1-5H3,(H,21,22);1H/t15-,18+;/m0./s1. The van der Waals surface area contributed by atoms with Crippen molar-refractivity contribution in [2.24, 2.45) is 17.6 Å². The van der Waals surface area contributed by atoms with Gasteiger partial charge < -0.3 is 15.7 Å². The molecule has 0 unspecified atom stereocenters. The number of nitrogens with zero attached hydrogens (tertiary/aromatic N) is 1. The summed E-state index contributed by atoms with van der Waals surface area (Å²) in [6.07, 6.45) is 0.374. The number of carbonyl (C=O) groups excluding carboxylic acids is 1. The minimum Gasteiger partial charge on any atom is -0.480 e. The van der Waals surface area contributed by atoms with Crippen LogP contribution in [0.3, 0.4) is 0 Å². The summed E-state index contributed by atoms with van der Waals surface area (Å²) in [4.78, 5) is 25.8. The molecular formula is C18H29ClN2O3. The smallest absolute Gasteiger partial charge is 0.326 e. The lowest BCUT2D eigenvalue weighted by Crippen LogP contribution is -2.62. The molecule has 0 saturated heterocycles. The maximum absolute atomic E-state index is 13.0. The van der Waals surface area contributed by atoms with E-state index in [1.54, 1.807) is 13.8 Å². The Balaban J connectivity index is 0.00000529. The summed E-state index contributed by atoms with van der Waals surface area (Å²) in [5.74, 6) is -1.67. The van der Waals surface area contributed by atoms with Crippen molar-refractivity contribution in [3.8, 4) is 0 Å². The molecule has 5 nitrogen and oxygen atoms in total. The van der Waals surface area contributed by atoms with Crippen LogP contribution in [0.1, 0.15) is 33.3 Å². The number of likely N-dealkylation sites (N-methyl/N-ethyl adjacent to an activating group) is 1. The second-order valence-corrected chi connectivity index (χ2v) is 6.80. The van der Waals surface area contributed by atoms with Gasteiger partial charge in [-0.05, 0) is 23.8 Å². The summed E-state index contributed by atoms with van der Waals surface area (Å²) in [5.41, 5.74) is 6.29. The lowest BCUT2D eigenvalue weighted by Gasteiger charge is -2.39. The highest BCUT2D eigenvalue weighted by molar-refractivity contribution is 5.90. The highest BCUT2D eigenvalue weighted by Gasteiger charge is 2.43. The van der Waals surface area contributed by atoms with Crippen LogP contribution in [0.4, 0.5) is 0 Å². The summed E-state index contributed by atoms with van der Waals surface area (Å²) in [6.45, 7) is 7.35. The van der Waals surface area contributed by atoms with Crippen molar-refractivity contribution >= 4 is 24.3 Å². The third-order valence-electron chi connectivity index (χ3n) is 4.39. The fraction of sp³-hybridized carbons (Fsp3) is 0.556. The van der Waals surface area contributed by atoms with Crippen LogP contribution in [0.5, 0.6) is 0 Å². The van der Waals surface area contributed by atoms with E-state index in [0.29, 0.717) is 6.42 Å². The van der Waals surface area contributed by atoms with Gasteiger partial charge >= 0.3 is 5.97 Å². The zero-order valence-corrected chi connectivity index (χ0v) is 15.8. The quantitative estimate of drug-likeness (QED) is 0.786. The fourth-order valence-electron chi connectivity index (χ4n) is 2.81. The molecule has 1 aromatic carbocycles. The summed E-state index contributed by atoms with van der Waals surface area (Å²) in [5, 5.41) is 9.42. The topological polar surface area (TPSA) is 83.6 Å². The van der Waals surface area contributed by atoms with E-state index < -0.39 is 17.6 Å². The molecule has 2 atom stereocenters. The molecule has 6 heteroatoms. The molecule has 0 bridgehead atoms. The molecule has 0 saturated carbocycles. The van der Waals surface area contributed by atoms with Crippen LogP contribution >= 0.6 is 12.4 Å². The molecule has 0 aliphatic heterocycles. The van der Waals surface area contributed by atoms with Gasteiger partial charge in [-0.2, -0.15) is 0 Å². The third kappa shape index (κ3) is 4.95. The van der Waals surface area contributed by atoms with Gasteiger partial charge in [0.05, 0.1) is 0 Å². The summed E-state index contributed by atoms with van der Waals surface area (Å²) in [6, 6.07) is 8.67. The Morgan fingerprint density at radius 2 is 1.67 bits per heavy atom. The van der Waals surface area contributed by atoms with Gasteiger partial charge in [-0.25, -0.2) is 4.79 Å². The van der Waals surface area contributed by atoms with Crippen molar-refractivity contribution in [2.75, 3.05) is 7.05 Å². The van der Waals surface area contributed by atoms with E-state index in [4.69, 9.17) is 5.73 Å². The Morgan fingerprint density at radius 1 is 1.17 bits per heavy atom. The normalized spacial score (nSPS) is 14.7. The van der Waals surface area contributed by atoms with Crippen molar-refractivity contribution in [3.05, 3.63) is 35.9 Å².